The number of nitrogens with zero attached hydrogens (tertiary/aromatic N) is 5. The van der Waals surface area contributed by atoms with Gasteiger partial charge in [-0.25, -0.2) is 5.01 Å². The van der Waals surface area contributed by atoms with Crippen LogP contribution in [0.4, 0.5) is 0 Å². The summed E-state index contributed by atoms with van der Waals surface area (Å²) < 4.78 is 4.73. The molecule has 0 saturated carbocycles. The lowest BCUT2D eigenvalue weighted by atomic mass is 9.96. The van der Waals surface area contributed by atoms with Crippen LogP contribution in [0.15, 0.2) is 193 Å². The Morgan fingerprint density at radius 1 is 0.444 bits per heavy atom. The van der Waals surface area contributed by atoms with Crippen LogP contribution in [0.5, 0.6) is 0 Å². The number of benzene rings is 7. The molecule has 4 heterocycles. The fourth-order valence-corrected chi connectivity index (χ4v) is 8.67. The fourth-order valence-electron chi connectivity index (χ4n) is 8.67. The van der Waals surface area contributed by atoms with Crippen LogP contribution in [-0.2, 0) is 0 Å². The summed E-state index contributed by atoms with van der Waals surface area (Å²) in [6.07, 6.45) is 6.35. The summed E-state index contributed by atoms with van der Waals surface area (Å²) in [4.78, 5) is 2.30. The first-order chi connectivity index (χ1) is 26.7. The third-order valence-corrected chi connectivity index (χ3v) is 11.1. The Morgan fingerprint density at radius 3 is 1.70 bits per heavy atom. The summed E-state index contributed by atoms with van der Waals surface area (Å²) in [7, 11) is 2.15. The minimum absolute atomic E-state index is 0.0480. The molecule has 0 amide bonds. The summed E-state index contributed by atoms with van der Waals surface area (Å²) >= 11 is 0. The monoisotopic (exact) mass is 693 g/mol. The lowest BCUT2D eigenvalue weighted by Gasteiger charge is -2.31. The Balaban J connectivity index is 0.909. The average Bonchev–Trinajstić information content (AvgIpc) is 3.88. The lowest BCUT2D eigenvalue weighted by Crippen LogP contribution is -2.39. The quantitative estimate of drug-likeness (QED) is 0.180. The largest absolute Gasteiger partial charge is 0.332 e. The molecular weight excluding hydrogens is 659 g/mol. The third kappa shape index (κ3) is 4.61. The summed E-state index contributed by atoms with van der Waals surface area (Å²) in [5.74, 6) is 0.944. The number of aromatic nitrogens is 2. The molecule has 5 nitrogen and oxygen atoms in total. The predicted molar refractivity (Wildman–Crippen MR) is 224 cm³/mol. The van der Waals surface area contributed by atoms with Gasteiger partial charge in [0.2, 0.25) is 0 Å². The van der Waals surface area contributed by atoms with Crippen LogP contribution in [0, 0.1) is 0 Å². The summed E-state index contributed by atoms with van der Waals surface area (Å²) in [6, 6.07) is 61.3. The smallest absolute Gasteiger partial charge is 0.158 e. The minimum Gasteiger partial charge on any atom is -0.332 e. The van der Waals surface area contributed by atoms with Crippen molar-refractivity contribution >= 4 is 55.0 Å². The van der Waals surface area contributed by atoms with Crippen LogP contribution in [0.2, 0.25) is 0 Å². The Labute approximate surface area is 313 Å². The zero-order valence-electron chi connectivity index (χ0n) is 29.7. The standard InChI is InChI=1S/C49H35N5/c1-51-48(36-13-11-16-38(31-36)54-44-21-8-5-17-40(44)41-18-6-9-22-45(41)54)50-52-30-12-20-39(49(51)52)34-26-24-33(25-27-34)35-28-29-47-43(32-35)42-19-7-10-23-46(42)53(47)37-14-3-2-4-15-37/h2-32,49H,1H3. The Morgan fingerprint density at radius 2 is 1.00 bits per heavy atom. The first kappa shape index (κ1) is 30.5. The number of rotatable bonds is 5. The van der Waals surface area contributed by atoms with Crippen molar-refractivity contribution in [2.75, 3.05) is 7.05 Å². The van der Waals surface area contributed by atoms with Gasteiger partial charge in [-0.2, -0.15) is 5.10 Å². The van der Waals surface area contributed by atoms with E-state index in [1.165, 1.54) is 71.6 Å². The summed E-state index contributed by atoms with van der Waals surface area (Å²) in [5, 5.41) is 12.3. The zero-order chi connectivity index (χ0) is 35.8. The second-order valence-electron chi connectivity index (χ2n) is 14.2. The van der Waals surface area contributed by atoms with Gasteiger partial charge < -0.3 is 14.0 Å². The SMILES string of the molecule is CN1C(c2cccc(-n3c4ccccc4c4ccccc43)c2)=NN2C=CC=C(c3ccc(-c4ccc5c(c4)c4ccccc4n5-c4ccccc4)cc3)C21. The van der Waals surface area contributed by atoms with E-state index in [1.54, 1.807) is 0 Å². The van der Waals surface area contributed by atoms with Gasteiger partial charge in [0, 0.05) is 57.3 Å². The lowest BCUT2D eigenvalue weighted by molar-refractivity contribution is 0.262. The van der Waals surface area contributed by atoms with E-state index in [2.05, 4.69) is 214 Å². The maximum atomic E-state index is 5.16. The molecule has 1 atom stereocenters. The maximum absolute atomic E-state index is 5.16. The molecule has 0 aliphatic carbocycles. The van der Waals surface area contributed by atoms with Gasteiger partial charge in [-0.1, -0.05) is 121 Å². The number of hydrazone groups is 1. The molecule has 5 heteroatoms. The van der Waals surface area contributed by atoms with Crippen LogP contribution in [0.1, 0.15) is 11.1 Å². The molecule has 54 heavy (non-hydrogen) atoms. The molecule has 11 rings (SSSR count). The van der Waals surface area contributed by atoms with Crippen LogP contribution >= 0.6 is 0 Å². The predicted octanol–water partition coefficient (Wildman–Crippen LogP) is 11.4. The van der Waals surface area contributed by atoms with Gasteiger partial charge in [0.1, 0.15) is 0 Å². The second-order valence-corrected chi connectivity index (χ2v) is 14.2. The molecule has 0 radical (unpaired) electrons. The molecule has 1 unspecified atom stereocenters. The first-order valence-corrected chi connectivity index (χ1v) is 18.5. The van der Waals surface area contributed by atoms with Gasteiger partial charge in [0.05, 0.1) is 22.1 Å². The molecule has 0 N–H and O–H groups in total. The van der Waals surface area contributed by atoms with E-state index in [1.807, 2.05) is 0 Å². The average molecular weight is 694 g/mol. The fraction of sp³-hybridized carbons (Fsp3) is 0.0408. The molecule has 2 aliphatic heterocycles. The normalized spacial score (nSPS) is 15.4. The van der Waals surface area contributed by atoms with Crippen LogP contribution in [-0.4, -0.2) is 38.1 Å². The van der Waals surface area contributed by atoms with E-state index in [0.717, 1.165) is 17.1 Å². The van der Waals surface area contributed by atoms with Crippen molar-refractivity contribution in [1.82, 2.24) is 19.0 Å². The zero-order valence-corrected chi connectivity index (χ0v) is 29.7. The van der Waals surface area contributed by atoms with E-state index in [4.69, 9.17) is 5.10 Å². The maximum Gasteiger partial charge on any atom is 0.158 e. The minimum atomic E-state index is -0.0480. The molecule has 2 aromatic heterocycles. The number of hydrogen-bond donors (Lipinski definition) is 0. The molecule has 0 spiro atoms. The number of fused-ring (bicyclic) bond motifs is 7. The highest BCUT2D eigenvalue weighted by atomic mass is 15.6. The Bertz CT molecular complexity index is 2960. The van der Waals surface area contributed by atoms with Gasteiger partial charge in [0.15, 0.2) is 12.0 Å². The van der Waals surface area contributed by atoms with Gasteiger partial charge in [-0.3, -0.25) is 0 Å². The van der Waals surface area contributed by atoms with Crippen LogP contribution in [0.25, 0.3) is 71.7 Å². The molecule has 0 bridgehead atoms. The molecule has 9 aromatic rings. The van der Waals surface area contributed by atoms with E-state index >= 15 is 0 Å². The topological polar surface area (TPSA) is 28.7 Å². The van der Waals surface area contributed by atoms with Crippen molar-refractivity contribution in [1.29, 1.82) is 0 Å². The highest BCUT2D eigenvalue weighted by Crippen LogP contribution is 2.38. The highest BCUT2D eigenvalue weighted by Gasteiger charge is 2.35. The number of para-hydroxylation sites is 4. The van der Waals surface area contributed by atoms with Crippen molar-refractivity contribution in [3.63, 3.8) is 0 Å². The molecule has 7 aromatic carbocycles. The Kier molecular flexibility index (Phi) is 6.76. The van der Waals surface area contributed by atoms with E-state index in [-0.39, 0.29) is 6.17 Å². The van der Waals surface area contributed by atoms with Gasteiger partial charge in [-0.15, -0.1) is 0 Å². The summed E-state index contributed by atoms with van der Waals surface area (Å²) in [6.45, 7) is 0. The Hall–Kier alpha value is -7.11. The first-order valence-electron chi connectivity index (χ1n) is 18.5. The van der Waals surface area contributed by atoms with Crippen molar-refractivity contribution < 1.29 is 0 Å². The molecule has 256 valence electrons. The molecular formula is C49H35N5. The number of allylic oxidation sites excluding steroid dienone is 2. The molecule has 0 saturated heterocycles. The number of amidine groups is 1. The van der Waals surface area contributed by atoms with Crippen LogP contribution < -0.4 is 0 Å². The van der Waals surface area contributed by atoms with Crippen LogP contribution in [0.3, 0.4) is 0 Å². The second kappa shape index (κ2) is 12.0. The van der Waals surface area contributed by atoms with Crippen molar-refractivity contribution in [3.8, 4) is 22.5 Å². The van der Waals surface area contributed by atoms with E-state index in [0.29, 0.717) is 0 Å². The summed E-state index contributed by atoms with van der Waals surface area (Å²) in [5.41, 5.74) is 13.0. The molecule has 0 fully saturated rings. The van der Waals surface area contributed by atoms with Crippen molar-refractivity contribution in [2.24, 2.45) is 5.10 Å². The van der Waals surface area contributed by atoms with Gasteiger partial charge >= 0.3 is 0 Å². The number of likely N-dealkylation sites (N-methyl/N-ethyl adjacent to an activating group) is 1. The van der Waals surface area contributed by atoms with Gasteiger partial charge in [-0.05, 0) is 77.4 Å². The van der Waals surface area contributed by atoms with E-state index < -0.39 is 0 Å². The third-order valence-electron chi connectivity index (χ3n) is 11.1. The molecule has 2 aliphatic rings. The van der Waals surface area contributed by atoms with E-state index in [9.17, 15) is 0 Å². The highest BCUT2D eigenvalue weighted by molar-refractivity contribution is 6.11. The van der Waals surface area contributed by atoms with Gasteiger partial charge in [0.25, 0.3) is 0 Å². The number of hydrogen-bond acceptors (Lipinski definition) is 3. The van der Waals surface area contributed by atoms with Crippen molar-refractivity contribution in [3.05, 3.63) is 199 Å². The van der Waals surface area contributed by atoms with Crippen molar-refractivity contribution in [2.45, 2.75) is 6.17 Å².